The summed E-state index contributed by atoms with van der Waals surface area (Å²) in [6.45, 7) is 2.04. The minimum absolute atomic E-state index is 0.0835. The van der Waals surface area contributed by atoms with Gasteiger partial charge in [-0.3, -0.25) is 4.79 Å². The van der Waals surface area contributed by atoms with E-state index >= 15 is 0 Å². The number of ether oxygens (including phenoxy) is 2. The number of aryl methyl sites for hydroxylation is 2. The summed E-state index contributed by atoms with van der Waals surface area (Å²) in [5, 5.41) is 9.19. The van der Waals surface area contributed by atoms with E-state index in [-0.39, 0.29) is 18.4 Å². The standard InChI is InChI=1S/C25H25N3O4S/c1-16-6-8-17(9-7-16)24(21-5-4-14-33-21)26-22(29)12-13-23-27-25(28-32-23)18-10-11-19(30-2)20(15-18)31-3/h4-11,14-15,24H,12-13H2,1-3H3,(H,26,29). The molecule has 170 valence electrons. The minimum Gasteiger partial charge on any atom is -0.493 e. The van der Waals surface area contributed by atoms with E-state index in [2.05, 4.69) is 27.6 Å². The van der Waals surface area contributed by atoms with E-state index in [1.54, 1.807) is 37.7 Å². The van der Waals surface area contributed by atoms with Gasteiger partial charge in [-0.15, -0.1) is 11.3 Å². The highest BCUT2D eigenvalue weighted by atomic mass is 32.1. The van der Waals surface area contributed by atoms with Crippen molar-refractivity contribution in [1.82, 2.24) is 15.5 Å². The predicted molar refractivity (Wildman–Crippen MR) is 127 cm³/mol. The van der Waals surface area contributed by atoms with Crippen molar-refractivity contribution in [3.05, 3.63) is 81.9 Å². The summed E-state index contributed by atoms with van der Waals surface area (Å²) in [6, 6.07) is 17.4. The van der Waals surface area contributed by atoms with Crippen LogP contribution in [0.1, 0.15) is 34.4 Å². The molecule has 0 fully saturated rings. The lowest BCUT2D eigenvalue weighted by atomic mass is 10.0. The minimum atomic E-state index is -0.192. The number of carbonyl (C=O) groups is 1. The van der Waals surface area contributed by atoms with Crippen LogP contribution < -0.4 is 14.8 Å². The van der Waals surface area contributed by atoms with Gasteiger partial charge in [0.05, 0.1) is 20.3 Å². The SMILES string of the molecule is COc1ccc(-c2noc(CCC(=O)NC(c3ccc(C)cc3)c3cccs3)n2)cc1OC. The van der Waals surface area contributed by atoms with Gasteiger partial charge in [-0.05, 0) is 42.1 Å². The molecule has 1 amide bonds. The Bertz CT molecular complexity index is 1200. The van der Waals surface area contributed by atoms with Crippen LogP contribution in [0.25, 0.3) is 11.4 Å². The molecular weight excluding hydrogens is 438 g/mol. The molecule has 4 aromatic rings. The number of rotatable bonds is 9. The maximum Gasteiger partial charge on any atom is 0.227 e. The highest BCUT2D eigenvalue weighted by Gasteiger charge is 2.19. The zero-order valence-corrected chi connectivity index (χ0v) is 19.5. The quantitative estimate of drug-likeness (QED) is 0.377. The van der Waals surface area contributed by atoms with Gasteiger partial charge in [-0.25, -0.2) is 0 Å². The van der Waals surface area contributed by atoms with Gasteiger partial charge in [0.25, 0.3) is 0 Å². The van der Waals surface area contributed by atoms with Gasteiger partial charge >= 0.3 is 0 Å². The smallest absolute Gasteiger partial charge is 0.227 e. The van der Waals surface area contributed by atoms with Gasteiger partial charge in [-0.2, -0.15) is 4.98 Å². The molecule has 0 aliphatic heterocycles. The summed E-state index contributed by atoms with van der Waals surface area (Å²) in [4.78, 5) is 18.3. The molecular formula is C25H25N3O4S. The van der Waals surface area contributed by atoms with Crippen molar-refractivity contribution < 1.29 is 18.8 Å². The Balaban J connectivity index is 1.41. The highest BCUT2D eigenvalue weighted by molar-refractivity contribution is 7.10. The fourth-order valence-corrected chi connectivity index (χ4v) is 4.24. The Hall–Kier alpha value is -3.65. The first-order valence-electron chi connectivity index (χ1n) is 10.5. The zero-order chi connectivity index (χ0) is 23.2. The van der Waals surface area contributed by atoms with E-state index in [0.717, 1.165) is 16.0 Å². The maximum absolute atomic E-state index is 12.8. The maximum atomic E-state index is 12.8. The van der Waals surface area contributed by atoms with Crippen LogP contribution in [0.4, 0.5) is 0 Å². The molecule has 0 saturated heterocycles. The number of aromatic nitrogens is 2. The van der Waals surface area contributed by atoms with Crippen LogP contribution in [-0.2, 0) is 11.2 Å². The number of hydrogen-bond acceptors (Lipinski definition) is 7. The molecule has 0 spiro atoms. The van der Waals surface area contributed by atoms with Crippen LogP contribution in [0.5, 0.6) is 11.5 Å². The number of nitrogens with zero attached hydrogens (tertiary/aromatic N) is 2. The molecule has 0 radical (unpaired) electrons. The third kappa shape index (κ3) is 5.40. The third-order valence-electron chi connectivity index (χ3n) is 5.22. The molecule has 7 nitrogen and oxygen atoms in total. The molecule has 0 aliphatic carbocycles. The molecule has 1 atom stereocenters. The average molecular weight is 464 g/mol. The van der Waals surface area contributed by atoms with E-state index in [4.69, 9.17) is 14.0 Å². The topological polar surface area (TPSA) is 86.5 Å². The van der Waals surface area contributed by atoms with Crippen molar-refractivity contribution in [2.45, 2.75) is 25.8 Å². The Morgan fingerprint density at radius 2 is 1.88 bits per heavy atom. The fraction of sp³-hybridized carbons (Fsp3) is 0.240. The monoisotopic (exact) mass is 463 g/mol. The van der Waals surface area contributed by atoms with Crippen LogP contribution in [0.15, 0.2) is 64.5 Å². The Labute approximate surface area is 196 Å². The number of thiophene rings is 1. The van der Waals surface area contributed by atoms with Gasteiger partial charge in [0.15, 0.2) is 11.5 Å². The van der Waals surface area contributed by atoms with Crippen LogP contribution in [0.2, 0.25) is 0 Å². The summed E-state index contributed by atoms with van der Waals surface area (Å²) >= 11 is 1.62. The summed E-state index contributed by atoms with van der Waals surface area (Å²) in [5.41, 5.74) is 2.96. The average Bonchev–Trinajstić information content (AvgIpc) is 3.54. The molecule has 1 N–H and O–H groups in total. The molecule has 0 aliphatic rings. The van der Waals surface area contributed by atoms with Crippen molar-refractivity contribution >= 4 is 17.2 Å². The first-order chi connectivity index (χ1) is 16.1. The summed E-state index contributed by atoms with van der Waals surface area (Å²) < 4.78 is 16.0. The fourth-order valence-electron chi connectivity index (χ4n) is 3.44. The van der Waals surface area contributed by atoms with Gasteiger partial charge in [0.1, 0.15) is 0 Å². The van der Waals surface area contributed by atoms with Crippen LogP contribution in [0, 0.1) is 6.92 Å². The normalized spacial score (nSPS) is 11.7. The number of methoxy groups -OCH3 is 2. The molecule has 8 heteroatoms. The predicted octanol–water partition coefficient (Wildman–Crippen LogP) is 4.96. The Kier molecular flexibility index (Phi) is 7.04. The highest BCUT2D eigenvalue weighted by Crippen LogP contribution is 2.31. The second kappa shape index (κ2) is 10.3. The van der Waals surface area contributed by atoms with Gasteiger partial charge in [-0.1, -0.05) is 41.1 Å². The van der Waals surface area contributed by atoms with Crippen LogP contribution in [-0.4, -0.2) is 30.3 Å². The molecule has 2 heterocycles. The summed E-state index contributed by atoms with van der Waals surface area (Å²) in [5.74, 6) is 1.95. The van der Waals surface area contributed by atoms with Crippen molar-refractivity contribution in [3.8, 4) is 22.9 Å². The number of carbonyl (C=O) groups excluding carboxylic acids is 1. The molecule has 4 rings (SSSR count). The molecule has 33 heavy (non-hydrogen) atoms. The van der Waals surface area contributed by atoms with Crippen molar-refractivity contribution in [1.29, 1.82) is 0 Å². The summed E-state index contributed by atoms with van der Waals surface area (Å²) in [7, 11) is 3.15. The molecule has 1 unspecified atom stereocenters. The van der Waals surface area contributed by atoms with Crippen molar-refractivity contribution in [2.75, 3.05) is 14.2 Å². The molecule has 2 aromatic carbocycles. The van der Waals surface area contributed by atoms with Crippen LogP contribution in [0.3, 0.4) is 0 Å². The van der Waals surface area contributed by atoms with E-state index in [0.29, 0.717) is 29.6 Å². The molecule has 0 bridgehead atoms. The Morgan fingerprint density at radius 1 is 1.09 bits per heavy atom. The second-order valence-corrected chi connectivity index (χ2v) is 8.49. The summed E-state index contributed by atoms with van der Waals surface area (Å²) in [6.07, 6.45) is 0.582. The first-order valence-corrected chi connectivity index (χ1v) is 11.4. The van der Waals surface area contributed by atoms with E-state index in [1.807, 2.05) is 42.6 Å². The zero-order valence-electron chi connectivity index (χ0n) is 18.7. The van der Waals surface area contributed by atoms with Crippen molar-refractivity contribution in [2.24, 2.45) is 0 Å². The number of hydrogen-bond donors (Lipinski definition) is 1. The largest absolute Gasteiger partial charge is 0.493 e. The van der Waals surface area contributed by atoms with Gasteiger partial charge in [0.2, 0.25) is 17.6 Å². The first kappa shape index (κ1) is 22.5. The number of nitrogens with one attached hydrogen (secondary N) is 1. The second-order valence-electron chi connectivity index (χ2n) is 7.51. The molecule has 0 saturated carbocycles. The van der Waals surface area contributed by atoms with E-state index in [1.165, 1.54) is 5.56 Å². The van der Waals surface area contributed by atoms with Gasteiger partial charge < -0.3 is 19.3 Å². The van der Waals surface area contributed by atoms with Gasteiger partial charge in [0, 0.05) is 23.3 Å². The van der Waals surface area contributed by atoms with E-state index < -0.39 is 0 Å². The van der Waals surface area contributed by atoms with Crippen molar-refractivity contribution in [3.63, 3.8) is 0 Å². The number of amides is 1. The lowest BCUT2D eigenvalue weighted by Crippen LogP contribution is -2.29. The number of benzene rings is 2. The lowest BCUT2D eigenvalue weighted by Gasteiger charge is -2.18. The lowest BCUT2D eigenvalue weighted by molar-refractivity contribution is -0.121. The molecule has 2 aromatic heterocycles. The third-order valence-corrected chi connectivity index (χ3v) is 6.16. The van der Waals surface area contributed by atoms with Crippen LogP contribution >= 0.6 is 11.3 Å². The van der Waals surface area contributed by atoms with E-state index in [9.17, 15) is 4.79 Å². The Morgan fingerprint density at radius 3 is 2.58 bits per heavy atom.